The minimum atomic E-state index is -3.38. The van der Waals surface area contributed by atoms with Gasteiger partial charge in [-0.1, -0.05) is 47.5 Å². The Bertz CT molecular complexity index is 860. The van der Waals surface area contributed by atoms with Crippen molar-refractivity contribution in [1.82, 2.24) is 5.32 Å². The molecule has 0 unspecified atom stereocenters. The second-order valence-electron chi connectivity index (χ2n) is 7.21. The summed E-state index contributed by atoms with van der Waals surface area (Å²) in [5.74, 6) is -0.0405. The van der Waals surface area contributed by atoms with E-state index in [4.69, 9.17) is 0 Å². The van der Waals surface area contributed by atoms with Gasteiger partial charge >= 0.3 is 0 Å². The second-order valence-corrected chi connectivity index (χ2v) is 9.12. The van der Waals surface area contributed by atoms with E-state index in [0.717, 1.165) is 18.4 Å². The van der Waals surface area contributed by atoms with Gasteiger partial charge in [-0.05, 0) is 50.8 Å². The van der Waals surface area contributed by atoms with E-state index in [1.807, 2.05) is 19.1 Å². The zero-order chi connectivity index (χ0) is 20.6. The fourth-order valence-electron chi connectivity index (χ4n) is 2.94. The van der Waals surface area contributed by atoms with Crippen LogP contribution in [0.4, 0.5) is 5.69 Å². The van der Waals surface area contributed by atoms with Crippen LogP contribution >= 0.6 is 0 Å². The van der Waals surface area contributed by atoms with Gasteiger partial charge in [0.05, 0.1) is 11.9 Å². The van der Waals surface area contributed by atoms with Gasteiger partial charge in [0.2, 0.25) is 15.9 Å². The third kappa shape index (κ3) is 7.35. The zero-order valence-electron chi connectivity index (χ0n) is 16.9. The predicted octanol–water partition coefficient (Wildman–Crippen LogP) is 3.60. The van der Waals surface area contributed by atoms with Crippen molar-refractivity contribution in [3.8, 4) is 0 Å². The van der Waals surface area contributed by atoms with Gasteiger partial charge in [0.1, 0.15) is 0 Å². The summed E-state index contributed by atoms with van der Waals surface area (Å²) in [4.78, 5) is 12.0. The van der Waals surface area contributed by atoms with Gasteiger partial charge < -0.3 is 5.32 Å². The number of nitrogens with zero attached hydrogens (tertiary/aromatic N) is 1. The van der Waals surface area contributed by atoms with E-state index in [1.54, 1.807) is 12.1 Å². The number of amides is 1. The zero-order valence-corrected chi connectivity index (χ0v) is 17.8. The number of rotatable bonds is 10. The van der Waals surface area contributed by atoms with Gasteiger partial charge in [0.15, 0.2) is 0 Å². The summed E-state index contributed by atoms with van der Waals surface area (Å²) in [5.41, 5.74) is 4.21. The Labute approximate surface area is 168 Å². The fourth-order valence-corrected chi connectivity index (χ4v) is 3.91. The van der Waals surface area contributed by atoms with E-state index >= 15 is 0 Å². The molecule has 1 N–H and O–H groups in total. The number of hydrogen-bond acceptors (Lipinski definition) is 3. The Kier molecular flexibility index (Phi) is 8.05. The Hall–Kier alpha value is -2.34. The van der Waals surface area contributed by atoms with Crippen LogP contribution in [0.3, 0.4) is 0 Å². The molecule has 1 amide bonds. The Morgan fingerprint density at radius 2 is 1.50 bits per heavy atom. The summed E-state index contributed by atoms with van der Waals surface area (Å²) in [6.07, 6.45) is 3.79. The molecule has 0 atom stereocenters. The third-order valence-electron chi connectivity index (χ3n) is 4.57. The minimum Gasteiger partial charge on any atom is -0.356 e. The number of aryl methyl sites for hydroxylation is 3. The van der Waals surface area contributed by atoms with Gasteiger partial charge in [-0.25, -0.2) is 8.42 Å². The van der Waals surface area contributed by atoms with Crippen LogP contribution in [0.1, 0.15) is 36.0 Å². The standard InChI is InChI=1S/C22H30N2O3S/c1-18-8-12-20(13-9-18)6-4-16-23-22(25)7-5-17-24(28(3,26)27)21-14-10-19(2)11-15-21/h8-15H,4-7,16-17H2,1-3H3,(H,23,25). The summed E-state index contributed by atoms with van der Waals surface area (Å²) >= 11 is 0. The van der Waals surface area contributed by atoms with Crippen LogP contribution in [0.5, 0.6) is 0 Å². The lowest BCUT2D eigenvalue weighted by Crippen LogP contribution is -2.32. The van der Waals surface area contributed by atoms with Crippen LogP contribution in [0.2, 0.25) is 0 Å². The average Bonchev–Trinajstić information content (AvgIpc) is 2.64. The number of anilines is 1. The molecule has 2 aromatic carbocycles. The molecule has 2 rings (SSSR count). The molecule has 152 valence electrons. The highest BCUT2D eigenvalue weighted by molar-refractivity contribution is 7.92. The van der Waals surface area contributed by atoms with Crippen molar-refractivity contribution in [2.75, 3.05) is 23.7 Å². The molecule has 0 fully saturated rings. The van der Waals surface area contributed by atoms with Crippen LogP contribution in [0.25, 0.3) is 0 Å². The highest BCUT2D eigenvalue weighted by Gasteiger charge is 2.17. The van der Waals surface area contributed by atoms with E-state index in [9.17, 15) is 13.2 Å². The smallest absolute Gasteiger partial charge is 0.232 e. The molecule has 0 aromatic heterocycles. The number of nitrogens with one attached hydrogen (secondary N) is 1. The Balaban J connectivity index is 1.73. The normalized spacial score (nSPS) is 11.2. The molecule has 0 heterocycles. The highest BCUT2D eigenvalue weighted by Crippen LogP contribution is 2.18. The lowest BCUT2D eigenvalue weighted by Gasteiger charge is -2.22. The first kappa shape index (κ1) is 22.0. The number of sulfonamides is 1. The molecule has 0 bridgehead atoms. The topological polar surface area (TPSA) is 66.5 Å². The largest absolute Gasteiger partial charge is 0.356 e. The molecule has 0 radical (unpaired) electrons. The van der Waals surface area contributed by atoms with Crippen molar-refractivity contribution in [1.29, 1.82) is 0 Å². The van der Waals surface area contributed by atoms with Crippen molar-refractivity contribution in [2.45, 2.75) is 39.5 Å². The number of carbonyl (C=O) groups is 1. The van der Waals surface area contributed by atoms with Gasteiger partial charge in [-0.2, -0.15) is 0 Å². The maximum absolute atomic E-state index is 12.1. The molecule has 2 aromatic rings. The van der Waals surface area contributed by atoms with Gasteiger partial charge in [0, 0.05) is 19.5 Å². The lowest BCUT2D eigenvalue weighted by molar-refractivity contribution is -0.121. The molecule has 0 aliphatic rings. The number of hydrogen-bond donors (Lipinski definition) is 1. The van der Waals surface area contributed by atoms with Crippen molar-refractivity contribution >= 4 is 21.6 Å². The lowest BCUT2D eigenvalue weighted by atomic mass is 10.1. The molecule has 0 spiro atoms. The van der Waals surface area contributed by atoms with Crippen molar-refractivity contribution in [3.63, 3.8) is 0 Å². The molecule has 0 saturated carbocycles. The van der Waals surface area contributed by atoms with Crippen molar-refractivity contribution < 1.29 is 13.2 Å². The number of benzene rings is 2. The predicted molar refractivity (Wildman–Crippen MR) is 115 cm³/mol. The van der Waals surface area contributed by atoms with Crippen molar-refractivity contribution in [2.24, 2.45) is 0 Å². The molecular weight excluding hydrogens is 372 g/mol. The summed E-state index contributed by atoms with van der Waals surface area (Å²) < 4.78 is 25.5. The average molecular weight is 403 g/mol. The van der Waals surface area contributed by atoms with Crippen LogP contribution < -0.4 is 9.62 Å². The molecular formula is C22H30N2O3S. The molecule has 0 aliphatic heterocycles. The quantitative estimate of drug-likeness (QED) is 0.618. The van der Waals surface area contributed by atoms with Crippen LogP contribution in [-0.4, -0.2) is 33.7 Å². The van der Waals surface area contributed by atoms with E-state index in [0.29, 0.717) is 31.6 Å². The fraction of sp³-hybridized carbons (Fsp3) is 0.409. The first-order valence-corrected chi connectivity index (χ1v) is 11.5. The summed E-state index contributed by atoms with van der Waals surface area (Å²) in [5, 5.41) is 2.92. The summed E-state index contributed by atoms with van der Waals surface area (Å²) in [6.45, 7) is 4.94. The summed E-state index contributed by atoms with van der Waals surface area (Å²) in [7, 11) is -3.38. The van der Waals surface area contributed by atoms with Gasteiger partial charge in [0.25, 0.3) is 0 Å². The Morgan fingerprint density at radius 1 is 0.929 bits per heavy atom. The van der Waals surface area contributed by atoms with Crippen LogP contribution in [-0.2, 0) is 21.2 Å². The second kappa shape index (κ2) is 10.3. The van der Waals surface area contributed by atoms with E-state index in [1.165, 1.54) is 21.7 Å². The molecule has 0 saturated heterocycles. The van der Waals surface area contributed by atoms with Crippen molar-refractivity contribution in [3.05, 3.63) is 65.2 Å². The molecule has 28 heavy (non-hydrogen) atoms. The first-order valence-electron chi connectivity index (χ1n) is 9.62. The van der Waals surface area contributed by atoms with Gasteiger partial charge in [-0.3, -0.25) is 9.10 Å². The van der Waals surface area contributed by atoms with Crippen LogP contribution in [0.15, 0.2) is 48.5 Å². The maximum atomic E-state index is 12.1. The van der Waals surface area contributed by atoms with E-state index in [-0.39, 0.29) is 5.91 Å². The van der Waals surface area contributed by atoms with Gasteiger partial charge in [-0.15, -0.1) is 0 Å². The number of carbonyl (C=O) groups excluding carboxylic acids is 1. The van der Waals surface area contributed by atoms with E-state index in [2.05, 4.69) is 36.5 Å². The van der Waals surface area contributed by atoms with E-state index < -0.39 is 10.0 Å². The third-order valence-corrected chi connectivity index (χ3v) is 5.77. The highest BCUT2D eigenvalue weighted by atomic mass is 32.2. The Morgan fingerprint density at radius 3 is 2.07 bits per heavy atom. The molecule has 0 aliphatic carbocycles. The monoisotopic (exact) mass is 402 g/mol. The minimum absolute atomic E-state index is 0.0405. The first-order chi connectivity index (χ1) is 13.3. The molecule has 5 nitrogen and oxygen atoms in total. The SMILES string of the molecule is Cc1ccc(CCCNC(=O)CCCN(c2ccc(C)cc2)S(C)(=O)=O)cc1. The molecule has 6 heteroatoms. The maximum Gasteiger partial charge on any atom is 0.232 e. The van der Waals surface area contributed by atoms with Crippen LogP contribution in [0, 0.1) is 13.8 Å². The summed E-state index contributed by atoms with van der Waals surface area (Å²) in [6, 6.07) is 15.8.